The van der Waals surface area contributed by atoms with Crippen LogP contribution in [0.15, 0.2) is 24.4 Å². The van der Waals surface area contributed by atoms with E-state index in [4.69, 9.17) is 14.5 Å². The normalized spacial score (nSPS) is 18.1. The van der Waals surface area contributed by atoms with Gasteiger partial charge >= 0.3 is 6.09 Å². The van der Waals surface area contributed by atoms with Gasteiger partial charge in [-0.3, -0.25) is 9.59 Å². The van der Waals surface area contributed by atoms with Crippen LogP contribution >= 0.6 is 0 Å². The number of nitrogens with zero attached hydrogens (tertiary/aromatic N) is 6. The van der Waals surface area contributed by atoms with Gasteiger partial charge in [-0.2, -0.15) is 4.98 Å². The molecule has 1 aliphatic carbocycles. The number of benzene rings is 1. The average Bonchev–Trinajstić information content (AvgIpc) is 3.47. The van der Waals surface area contributed by atoms with Gasteiger partial charge in [-0.05, 0) is 51.8 Å². The maximum atomic E-state index is 13.3. The summed E-state index contributed by atoms with van der Waals surface area (Å²) in [4.78, 5) is 55.0. The molecule has 12 heteroatoms. The number of hydrogen-bond donors (Lipinski definition) is 1. The van der Waals surface area contributed by atoms with Gasteiger partial charge in [-0.1, -0.05) is 12.8 Å². The van der Waals surface area contributed by atoms with E-state index >= 15 is 0 Å². The molecule has 2 aliphatic heterocycles. The number of piperazine rings is 1. The lowest BCUT2D eigenvalue weighted by atomic mass is 10.1. The summed E-state index contributed by atoms with van der Waals surface area (Å²) in [7, 11) is 3.32. The van der Waals surface area contributed by atoms with E-state index in [0.717, 1.165) is 18.7 Å². The largest absolute Gasteiger partial charge is 0.495 e. The van der Waals surface area contributed by atoms with Crippen LogP contribution in [0.2, 0.25) is 0 Å². The maximum Gasteiger partial charge on any atom is 0.410 e. The SMILES string of the molecule is COc1cc(C(=O)N2CCN(C(=O)OC(C)(C)C)CC2)ccc1Nc1ncc2c(n1)N(C1CCCC1)CCC(=O)N2C. The van der Waals surface area contributed by atoms with Crippen molar-refractivity contribution in [1.29, 1.82) is 0 Å². The number of amides is 3. The first kappa shape index (κ1) is 29.4. The summed E-state index contributed by atoms with van der Waals surface area (Å²) in [6, 6.07) is 5.58. The van der Waals surface area contributed by atoms with E-state index in [1.807, 2.05) is 20.8 Å². The molecule has 0 unspecified atom stereocenters. The van der Waals surface area contributed by atoms with E-state index in [2.05, 4.69) is 15.2 Å². The number of rotatable bonds is 5. The quantitative estimate of drug-likeness (QED) is 0.560. The highest BCUT2D eigenvalue weighted by Crippen LogP contribution is 2.37. The maximum absolute atomic E-state index is 13.3. The minimum atomic E-state index is -0.565. The summed E-state index contributed by atoms with van der Waals surface area (Å²) in [6.45, 7) is 7.78. The van der Waals surface area contributed by atoms with Gasteiger partial charge in [0.2, 0.25) is 11.9 Å². The Labute approximate surface area is 247 Å². The van der Waals surface area contributed by atoms with Crippen molar-refractivity contribution >= 4 is 41.0 Å². The summed E-state index contributed by atoms with van der Waals surface area (Å²) >= 11 is 0. The van der Waals surface area contributed by atoms with Gasteiger partial charge in [0, 0.05) is 57.8 Å². The summed E-state index contributed by atoms with van der Waals surface area (Å²) < 4.78 is 11.1. The second kappa shape index (κ2) is 12.0. The topological polar surface area (TPSA) is 120 Å². The number of methoxy groups -OCH3 is 1. The number of hydrogen-bond acceptors (Lipinski definition) is 9. The number of ether oxygens (including phenoxy) is 2. The summed E-state index contributed by atoms with van der Waals surface area (Å²) in [5.74, 6) is 1.53. The second-order valence-electron chi connectivity index (χ2n) is 12.0. The molecule has 0 bridgehead atoms. The first-order chi connectivity index (χ1) is 20.0. The third kappa shape index (κ3) is 6.37. The highest BCUT2D eigenvalue weighted by Gasteiger charge is 2.32. The van der Waals surface area contributed by atoms with Crippen molar-refractivity contribution < 1.29 is 23.9 Å². The third-order valence-corrected chi connectivity index (χ3v) is 8.00. The van der Waals surface area contributed by atoms with Gasteiger partial charge in [0.15, 0.2) is 5.82 Å². The Morgan fingerprint density at radius 1 is 1.02 bits per heavy atom. The van der Waals surface area contributed by atoms with Crippen LogP contribution in [0, 0.1) is 0 Å². The Hall–Kier alpha value is -4.09. The smallest absolute Gasteiger partial charge is 0.410 e. The highest BCUT2D eigenvalue weighted by molar-refractivity contribution is 5.97. The molecule has 3 heterocycles. The molecule has 5 rings (SSSR count). The minimum Gasteiger partial charge on any atom is -0.495 e. The molecular weight excluding hydrogens is 538 g/mol. The van der Waals surface area contributed by atoms with Crippen molar-refractivity contribution in [1.82, 2.24) is 19.8 Å². The van der Waals surface area contributed by atoms with Crippen LogP contribution in [0.4, 0.5) is 27.9 Å². The lowest BCUT2D eigenvalue weighted by molar-refractivity contribution is -0.118. The van der Waals surface area contributed by atoms with Crippen molar-refractivity contribution in [2.24, 2.45) is 0 Å². The molecule has 12 nitrogen and oxygen atoms in total. The molecule has 0 radical (unpaired) electrons. The van der Waals surface area contributed by atoms with Gasteiger partial charge in [-0.25, -0.2) is 9.78 Å². The molecule has 3 amide bonds. The zero-order valence-corrected chi connectivity index (χ0v) is 25.2. The molecule has 42 heavy (non-hydrogen) atoms. The van der Waals surface area contributed by atoms with Crippen LogP contribution in [-0.4, -0.2) is 96.2 Å². The van der Waals surface area contributed by atoms with E-state index < -0.39 is 5.60 Å². The van der Waals surface area contributed by atoms with Crippen LogP contribution in [0.3, 0.4) is 0 Å². The number of carbonyl (C=O) groups is 3. The van der Waals surface area contributed by atoms with E-state index in [9.17, 15) is 14.4 Å². The van der Waals surface area contributed by atoms with E-state index in [-0.39, 0.29) is 17.9 Å². The molecule has 1 aromatic carbocycles. The number of fused-ring (bicyclic) bond motifs is 1. The fraction of sp³-hybridized carbons (Fsp3) is 0.567. The lowest BCUT2D eigenvalue weighted by Crippen LogP contribution is -2.51. The van der Waals surface area contributed by atoms with Crippen molar-refractivity contribution in [3.05, 3.63) is 30.0 Å². The number of aromatic nitrogens is 2. The standard InChI is InChI=1S/C30H41N7O5/c1-30(2,3)42-29(40)36-16-14-35(15-17-36)27(39)20-10-11-22(24(18-20)41-5)32-28-31-19-23-26(33-28)37(21-8-6-7-9-21)13-12-25(38)34(23)4/h10-11,18-19,21H,6-9,12-17H2,1-5H3,(H,31,32,33). The van der Waals surface area contributed by atoms with Crippen molar-refractivity contribution in [3.8, 4) is 5.75 Å². The molecule has 1 saturated heterocycles. The Morgan fingerprint density at radius 2 is 1.71 bits per heavy atom. The Morgan fingerprint density at radius 3 is 2.38 bits per heavy atom. The molecule has 2 fully saturated rings. The monoisotopic (exact) mass is 579 g/mol. The Bertz CT molecular complexity index is 1330. The van der Waals surface area contributed by atoms with Crippen molar-refractivity contribution in [2.75, 3.05) is 62.0 Å². The zero-order chi connectivity index (χ0) is 30.0. The van der Waals surface area contributed by atoms with Gasteiger partial charge in [-0.15, -0.1) is 0 Å². The first-order valence-electron chi connectivity index (χ1n) is 14.7. The van der Waals surface area contributed by atoms with Crippen LogP contribution in [0.25, 0.3) is 0 Å². The summed E-state index contributed by atoms with van der Waals surface area (Å²) in [6.07, 6.45) is 6.29. The first-order valence-corrected chi connectivity index (χ1v) is 14.7. The predicted octanol–water partition coefficient (Wildman–Crippen LogP) is 4.04. The summed E-state index contributed by atoms with van der Waals surface area (Å²) in [5.41, 5.74) is 1.24. The van der Waals surface area contributed by atoms with Crippen molar-refractivity contribution in [2.45, 2.75) is 64.5 Å². The molecule has 1 saturated carbocycles. The van der Waals surface area contributed by atoms with E-state index in [0.29, 0.717) is 73.8 Å². The van der Waals surface area contributed by atoms with E-state index in [1.165, 1.54) is 12.8 Å². The van der Waals surface area contributed by atoms with Gasteiger partial charge in [0.05, 0.1) is 19.0 Å². The van der Waals surface area contributed by atoms with Crippen molar-refractivity contribution in [3.63, 3.8) is 0 Å². The number of nitrogens with one attached hydrogen (secondary N) is 1. The molecule has 1 aromatic heterocycles. The molecule has 2 aromatic rings. The van der Waals surface area contributed by atoms with Crippen LogP contribution in [-0.2, 0) is 9.53 Å². The van der Waals surface area contributed by atoms with E-state index in [1.54, 1.807) is 53.3 Å². The Kier molecular flexibility index (Phi) is 8.42. The predicted molar refractivity (Wildman–Crippen MR) is 160 cm³/mol. The number of anilines is 4. The minimum absolute atomic E-state index is 0.0502. The highest BCUT2D eigenvalue weighted by atomic mass is 16.6. The fourth-order valence-corrected chi connectivity index (χ4v) is 5.72. The molecule has 0 spiro atoms. The second-order valence-corrected chi connectivity index (χ2v) is 12.0. The summed E-state index contributed by atoms with van der Waals surface area (Å²) in [5, 5.41) is 3.25. The third-order valence-electron chi connectivity index (χ3n) is 8.00. The molecule has 0 atom stereocenters. The molecule has 226 valence electrons. The van der Waals surface area contributed by atoms with Gasteiger partial charge in [0.1, 0.15) is 17.0 Å². The zero-order valence-electron chi connectivity index (χ0n) is 25.2. The molecule has 1 N–H and O–H groups in total. The average molecular weight is 580 g/mol. The van der Waals surface area contributed by atoms with Crippen LogP contribution in [0.1, 0.15) is 63.2 Å². The number of carbonyl (C=O) groups excluding carboxylic acids is 3. The van der Waals surface area contributed by atoms with Crippen LogP contribution in [0.5, 0.6) is 5.75 Å². The fourth-order valence-electron chi connectivity index (χ4n) is 5.72. The Balaban J connectivity index is 1.30. The molecule has 3 aliphatic rings. The molecular formula is C30H41N7O5. The van der Waals surface area contributed by atoms with Gasteiger partial charge in [0.25, 0.3) is 5.91 Å². The lowest BCUT2D eigenvalue weighted by Gasteiger charge is -2.35. The van der Waals surface area contributed by atoms with Crippen LogP contribution < -0.4 is 19.9 Å². The van der Waals surface area contributed by atoms with Gasteiger partial charge < -0.3 is 34.4 Å².